The predicted octanol–water partition coefficient (Wildman–Crippen LogP) is 2.98. The van der Waals surface area contributed by atoms with Crippen LogP contribution in [0.5, 0.6) is 0 Å². The average Bonchev–Trinajstić information content (AvgIpc) is 3.28. The van der Waals surface area contributed by atoms with Gasteiger partial charge in [-0.05, 0) is 68.3 Å². The summed E-state index contributed by atoms with van der Waals surface area (Å²) in [6.45, 7) is 2.28. The van der Waals surface area contributed by atoms with Crippen LogP contribution in [0, 0.1) is 0 Å². The summed E-state index contributed by atoms with van der Waals surface area (Å²) in [5, 5.41) is 3.15. The first-order chi connectivity index (χ1) is 14.7. The molecule has 1 fully saturated rings. The number of benzene rings is 2. The third-order valence-corrected chi connectivity index (χ3v) is 6.38. The number of hydrogen-bond donors (Lipinski definition) is 2. The molecule has 1 saturated heterocycles. The van der Waals surface area contributed by atoms with E-state index in [9.17, 15) is 18.0 Å². The van der Waals surface area contributed by atoms with Crippen molar-refractivity contribution in [1.82, 2.24) is 4.72 Å². The fourth-order valence-corrected chi connectivity index (χ4v) is 4.11. The van der Waals surface area contributed by atoms with Crippen LogP contribution in [0.1, 0.15) is 30.1 Å². The SMILES string of the molecule is CC(OC(=O)c1ccc(S(=O)(=O)NCC2CCCO2)cc1)C(=O)Nc1ccc(Cl)cc1. The lowest BCUT2D eigenvalue weighted by molar-refractivity contribution is -0.123. The highest BCUT2D eigenvalue weighted by Crippen LogP contribution is 2.16. The van der Waals surface area contributed by atoms with Crippen LogP contribution in [0.4, 0.5) is 5.69 Å². The van der Waals surface area contributed by atoms with Gasteiger partial charge >= 0.3 is 5.97 Å². The molecule has 0 radical (unpaired) electrons. The Balaban J connectivity index is 1.55. The van der Waals surface area contributed by atoms with Crippen molar-refractivity contribution in [2.45, 2.75) is 36.9 Å². The molecule has 0 spiro atoms. The Kier molecular flexibility index (Phi) is 7.66. The molecule has 1 aliphatic rings. The normalized spacial score (nSPS) is 17.2. The summed E-state index contributed by atoms with van der Waals surface area (Å²) in [4.78, 5) is 24.6. The standard InChI is InChI=1S/C21H23ClN2O6S/c1-14(20(25)24-17-8-6-16(22)7-9-17)30-21(26)15-4-10-19(11-5-15)31(27,28)23-13-18-3-2-12-29-18/h4-11,14,18,23H,2-3,12-13H2,1H3,(H,24,25). The number of carbonyl (C=O) groups is 2. The number of anilines is 1. The molecule has 10 heteroatoms. The predicted molar refractivity (Wildman–Crippen MR) is 116 cm³/mol. The molecule has 8 nitrogen and oxygen atoms in total. The second-order valence-corrected chi connectivity index (χ2v) is 9.26. The summed E-state index contributed by atoms with van der Waals surface area (Å²) >= 11 is 5.80. The summed E-state index contributed by atoms with van der Waals surface area (Å²) in [5.74, 6) is -1.25. The van der Waals surface area contributed by atoms with Gasteiger partial charge in [-0.15, -0.1) is 0 Å². The zero-order valence-electron chi connectivity index (χ0n) is 16.8. The maximum Gasteiger partial charge on any atom is 0.338 e. The van der Waals surface area contributed by atoms with Crippen LogP contribution < -0.4 is 10.0 Å². The molecule has 2 atom stereocenters. The first-order valence-corrected chi connectivity index (χ1v) is 11.6. The van der Waals surface area contributed by atoms with Gasteiger partial charge in [0.15, 0.2) is 6.10 Å². The number of ether oxygens (including phenoxy) is 2. The van der Waals surface area contributed by atoms with E-state index in [1.54, 1.807) is 24.3 Å². The highest BCUT2D eigenvalue weighted by atomic mass is 35.5. The molecule has 2 aromatic rings. The second-order valence-electron chi connectivity index (χ2n) is 7.05. The zero-order chi connectivity index (χ0) is 22.4. The fraction of sp³-hybridized carbons (Fsp3) is 0.333. The molecule has 3 rings (SSSR count). The lowest BCUT2D eigenvalue weighted by atomic mass is 10.2. The van der Waals surface area contributed by atoms with E-state index in [1.165, 1.54) is 31.2 Å². The first kappa shape index (κ1) is 23.2. The number of carbonyl (C=O) groups excluding carboxylic acids is 2. The number of nitrogens with one attached hydrogen (secondary N) is 2. The minimum Gasteiger partial charge on any atom is -0.449 e. The number of esters is 1. The van der Waals surface area contributed by atoms with E-state index >= 15 is 0 Å². The smallest absolute Gasteiger partial charge is 0.338 e. The van der Waals surface area contributed by atoms with Crippen molar-refractivity contribution in [1.29, 1.82) is 0 Å². The van der Waals surface area contributed by atoms with Crippen molar-refractivity contribution < 1.29 is 27.5 Å². The summed E-state index contributed by atoms with van der Waals surface area (Å²) in [5.41, 5.74) is 0.645. The van der Waals surface area contributed by atoms with Gasteiger partial charge in [-0.2, -0.15) is 0 Å². The van der Waals surface area contributed by atoms with Crippen LogP contribution >= 0.6 is 11.6 Å². The molecule has 166 valence electrons. The third kappa shape index (κ3) is 6.51. The molecule has 2 N–H and O–H groups in total. The summed E-state index contributed by atoms with van der Waals surface area (Å²) in [6, 6.07) is 11.8. The van der Waals surface area contributed by atoms with Gasteiger partial charge in [0.25, 0.3) is 5.91 Å². The van der Waals surface area contributed by atoms with Gasteiger partial charge in [0.05, 0.1) is 16.6 Å². The zero-order valence-corrected chi connectivity index (χ0v) is 18.4. The number of sulfonamides is 1. The number of rotatable bonds is 8. The van der Waals surface area contributed by atoms with Gasteiger partial charge in [0, 0.05) is 23.9 Å². The van der Waals surface area contributed by atoms with Gasteiger partial charge in [0.1, 0.15) is 0 Å². The first-order valence-electron chi connectivity index (χ1n) is 9.73. The van der Waals surface area contributed by atoms with Crippen molar-refractivity contribution in [3.8, 4) is 0 Å². The highest BCUT2D eigenvalue weighted by Gasteiger charge is 2.22. The maximum absolute atomic E-state index is 12.4. The maximum atomic E-state index is 12.4. The van der Waals surface area contributed by atoms with Crippen LogP contribution in [0.15, 0.2) is 53.4 Å². The Morgan fingerprint density at radius 2 is 1.84 bits per heavy atom. The van der Waals surface area contributed by atoms with Crippen LogP contribution in [-0.2, 0) is 24.3 Å². The van der Waals surface area contributed by atoms with E-state index < -0.39 is 28.0 Å². The highest BCUT2D eigenvalue weighted by molar-refractivity contribution is 7.89. The Morgan fingerprint density at radius 3 is 2.45 bits per heavy atom. The third-order valence-electron chi connectivity index (χ3n) is 4.69. The van der Waals surface area contributed by atoms with Crippen LogP contribution in [0.2, 0.25) is 5.02 Å². The number of amides is 1. The molecule has 31 heavy (non-hydrogen) atoms. The molecule has 0 saturated carbocycles. The lowest BCUT2D eigenvalue weighted by Gasteiger charge is -2.14. The molecule has 1 aliphatic heterocycles. The Hall–Kier alpha value is -2.46. The van der Waals surface area contributed by atoms with E-state index in [4.69, 9.17) is 21.1 Å². The second kappa shape index (κ2) is 10.2. The van der Waals surface area contributed by atoms with E-state index in [2.05, 4.69) is 10.0 Å². The topological polar surface area (TPSA) is 111 Å². The number of halogens is 1. The molecule has 2 aromatic carbocycles. The molecule has 1 heterocycles. The van der Waals surface area contributed by atoms with E-state index in [0.29, 0.717) is 17.3 Å². The Labute approximate surface area is 185 Å². The van der Waals surface area contributed by atoms with E-state index in [-0.39, 0.29) is 23.1 Å². The van der Waals surface area contributed by atoms with Crippen molar-refractivity contribution in [3.63, 3.8) is 0 Å². The van der Waals surface area contributed by atoms with Gasteiger partial charge in [0.2, 0.25) is 10.0 Å². The van der Waals surface area contributed by atoms with Gasteiger partial charge < -0.3 is 14.8 Å². The molecule has 2 unspecified atom stereocenters. The molecule has 0 bridgehead atoms. The molecular formula is C21H23ClN2O6S. The molecule has 0 aromatic heterocycles. The molecular weight excluding hydrogens is 444 g/mol. The van der Waals surface area contributed by atoms with Crippen molar-refractivity contribution in [2.24, 2.45) is 0 Å². The minimum atomic E-state index is -3.72. The van der Waals surface area contributed by atoms with Crippen molar-refractivity contribution >= 4 is 39.2 Å². The Morgan fingerprint density at radius 1 is 1.16 bits per heavy atom. The number of hydrogen-bond acceptors (Lipinski definition) is 6. The Bertz CT molecular complexity index is 1020. The molecule has 1 amide bonds. The minimum absolute atomic E-state index is 0.0237. The largest absolute Gasteiger partial charge is 0.449 e. The van der Waals surface area contributed by atoms with Crippen LogP contribution in [0.3, 0.4) is 0 Å². The average molecular weight is 467 g/mol. The summed E-state index contributed by atoms with van der Waals surface area (Å²) in [6.07, 6.45) is 0.556. The van der Waals surface area contributed by atoms with Crippen molar-refractivity contribution in [3.05, 3.63) is 59.1 Å². The quantitative estimate of drug-likeness (QED) is 0.578. The van der Waals surface area contributed by atoms with Crippen molar-refractivity contribution in [2.75, 3.05) is 18.5 Å². The van der Waals surface area contributed by atoms with Crippen LogP contribution in [0.25, 0.3) is 0 Å². The van der Waals surface area contributed by atoms with E-state index in [1.807, 2.05) is 0 Å². The van der Waals surface area contributed by atoms with Gasteiger partial charge in [-0.3, -0.25) is 4.79 Å². The van der Waals surface area contributed by atoms with Crippen LogP contribution in [-0.4, -0.2) is 45.7 Å². The van der Waals surface area contributed by atoms with Gasteiger partial charge in [-0.25, -0.2) is 17.9 Å². The summed E-state index contributed by atoms with van der Waals surface area (Å²) < 4.78 is 37.9. The lowest BCUT2D eigenvalue weighted by Crippen LogP contribution is -2.32. The summed E-state index contributed by atoms with van der Waals surface area (Å²) in [7, 11) is -3.72. The monoisotopic (exact) mass is 466 g/mol. The fourth-order valence-electron chi connectivity index (χ4n) is 2.92. The molecule has 0 aliphatic carbocycles. The van der Waals surface area contributed by atoms with Gasteiger partial charge in [-0.1, -0.05) is 11.6 Å². The van der Waals surface area contributed by atoms with E-state index in [0.717, 1.165) is 12.8 Å².